The summed E-state index contributed by atoms with van der Waals surface area (Å²) in [5.74, 6) is -0.240. The Kier molecular flexibility index (Phi) is 4.28. The highest BCUT2D eigenvalue weighted by molar-refractivity contribution is 6.16. The molecule has 0 aliphatic carbocycles. The molecule has 1 amide bonds. The fourth-order valence-electron chi connectivity index (χ4n) is 4.90. The van der Waals surface area contributed by atoms with Gasteiger partial charge in [0.05, 0.1) is 18.4 Å². The second-order valence-corrected chi connectivity index (χ2v) is 8.03. The summed E-state index contributed by atoms with van der Waals surface area (Å²) in [6.07, 6.45) is 0. The van der Waals surface area contributed by atoms with Gasteiger partial charge in [0.15, 0.2) is 11.5 Å². The smallest absolute Gasteiger partial charge is 0.325 e. The van der Waals surface area contributed by atoms with E-state index < -0.39 is 17.3 Å². The number of para-hydroxylation sites is 1. The number of methoxy groups -OCH3 is 1. The number of anilines is 1. The molecule has 3 aromatic rings. The number of nitrogens with zero attached hydrogens (tertiary/aromatic N) is 3. The lowest BCUT2D eigenvalue weighted by atomic mass is 9.68. The molecule has 0 fully saturated rings. The molecule has 2 aromatic carbocycles. The lowest BCUT2D eigenvalue weighted by Gasteiger charge is -2.32. The summed E-state index contributed by atoms with van der Waals surface area (Å²) in [6, 6.07) is 14.2. The zero-order valence-corrected chi connectivity index (χ0v) is 18.3. The van der Waals surface area contributed by atoms with Gasteiger partial charge in [-0.2, -0.15) is 5.26 Å². The van der Waals surface area contributed by atoms with Crippen molar-refractivity contribution in [1.82, 2.24) is 10.2 Å². The molecule has 11 heteroatoms. The Hall–Kier alpha value is -4.98. The van der Waals surface area contributed by atoms with E-state index >= 15 is 0 Å². The number of esters is 1. The fourth-order valence-corrected chi connectivity index (χ4v) is 4.90. The molecule has 0 radical (unpaired) electrons. The molecule has 11 nitrogen and oxygen atoms in total. The van der Waals surface area contributed by atoms with Crippen LogP contribution >= 0.6 is 0 Å². The first-order valence-electron chi connectivity index (χ1n) is 10.6. The van der Waals surface area contributed by atoms with E-state index in [9.17, 15) is 14.9 Å². The minimum atomic E-state index is -1.70. The number of amides is 1. The number of ether oxygens (including phenoxy) is 4. The molecule has 1 atom stereocenters. The van der Waals surface area contributed by atoms with Crippen molar-refractivity contribution in [2.45, 2.75) is 5.41 Å². The van der Waals surface area contributed by atoms with E-state index in [4.69, 9.17) is 24.7 Å². The summed E-state index contributed by atoms with van der Waals surface area (Å²) < 4.78 is 21.4. The van der Waals surface area contributed by atoms with Gasteiger partial charge in [0, 0.05) is 16.8 Å². The number of nitrogens with two attached hydrogens (primary N) is 1. The lowest BCUT2D eigenvalue weighted by molar-refractivity contribution is -0.140. The number of aromatic nitrogens is 2. The first kappa shape index (κ1) is 20.6. The van der Waals surface area contributed by atoms with E-state index in [1.807, 2.05) is 0 Å². The van der Waals surface area contributed by atoms with E-state index in [2.05, 4.69) is 16.3 Å². The standard InChI is InChI=1S/C24H17N5O6/c1-32-18(30)10-29-15-5-3-2-4-13(15)24(23(29)31)14(9-25)21(26)35-22-19(24)20(27-28-22)12-6-7-16-17(8-12)34-11-33-16/h2-8H,10-11,26H2,1H3,(H,27,28)/t24-/m1/s1. The Morgan fingerprint density at radius 2 is 2.09 bits per heavy atom. The number of hydrogen-bond acceptors (Lipinski definition) is 9. The highest BCUT2D eigenvalue weighted by Gasteiger charge is 2.61. The molecule has 0 saturated carbocycles. The molecule has 6 rings (SSSR count). The van der Waals surface area contributed by atoms with E-state index in [0.717, 1.165) is 0 Å². The predicted molar refractivity (Wildman–Crippen MR) is 119 cm³/mol. The number of H-pyrrole nitrogens is 1. The Balaban J connectivity index is 1.65. The molecule has 3 aliphatic heterocycles. The minimum absolute atomic E-state index is 0.0530. The molecule has 1 spiro atoms. The number of fused-ring (bicyclic) bond motifs is 5. The molecule has 35 heavy (non-hydrogen) atoms. The van der Waals surface area contributed by atoms with Crippen LogP contribution in [0.1, 0.15) is 11.1 Å². The van der Waals surface area contributed by atoms with Gasteiger partial charge < -0.3 is 24.7 Å². The molecule has 0 unspecified atom stereocenters. The van der Waals surface area contributed by atoms with Gasteiger partial charge in [-0.15, -0.1) is 5.10 Å². The van der Waals surface area contributed by atoms with Crippen molar-refractivity contribution >= 4 is 17.6 Å². The van der Waals surface area contributed by atoms with Crippen LogP contribution in [0, 0.1) is 11.3 Å². The van der Waals surface area contributed by atoms with Gasteiger partial charge in [-0.25, -0.2) is 0 Å². The topological polar surface area (TPSA) is 153 Å². The lowest BCUT2D eigenvalue weighted by Crippen LogP contribution is -2.47. The van der Waals surface area contributed by atoms with Crippen molar-refractivity contribution in [3.05, 3.63) is 65.0 Å². The van der Waals surface area contributed by atoms with Crippen molar-refractivity contribution in [2.24, 2.45) is 5.73 Å². The summed E-state index contributed by atoms with van der Waals surface area (Å²) in [7, 11) is 1.24. The van der Waals surface area contributed by atoms with Crippen LogP contribution in [0.25, 0.3) is 11.3 Å². The van der Waals surface area contributed by atoms with Gasteiger partial charge in [0.2, 0.25) is 24.5 Å². The fraction of sp³-hybridized carbons (Fsp3) is 0.167. The van der Waals surface area contributed by atoms with Gasteiger partial charge in [-0.1, -0.05) is 18.2 Å². The quantitative estimate of drug-likeness (QED) is 0.543. The SMILES string of the molecule is COC(=O)CN1C(=O)[C@@]2(C(C#N)=C(N)Oc3n[nH]c(-c4ccc5c(c4)OCO5)c32)c2ccccc21. The monoisotopic (exact) mass is 471 g/mol. The summed E-state index contributed by atoms with van der Waals surface area (Å²) in [5.41, 5.74) is 6.65. The van der Waals surface area contributed by atoms with Crippen LogP contribution in [0.5, 0.6) is 17.4 Å². The maximum atomic E-state index is 14.3. The number of benzene rings is 2. The number of carbonyl (C=O) groups excluding carboxylic acids is 2. The Morgan fingerprint density at radius 3 is 2.89 bits per heavy atom. The van der Waals surface area contributed by atoms with Gasteiger partial charge in [0.1, 0.15) is 23.6 Å². The maximum Gasteiger partial charge on any atom is 0.325 e. The molecule has 3 N–H and O–H groups in total. The van der Waals surface area contributed by atoms with Crippen LogP contribution in [-0.2, 0) is 19.7 Å². The summed E-state index contributed by atoms with van der Waals surface area (Å²) in [5, 5.41) is 17.4. The van der Waals surface area contributed by atoms with Crippen molar-refractivity contribution in [1.29, 1.82) is 5.26 Å². The van der Waals surface area contributed by atoms with Crippen LogP contribution in [0.4, 0.5) is 5.69 Å². The molecule has 0 bridgehead atoms. The zero-order valence-electron chi connectivity index (χ0n) is 18.3. The maximum absolute atomic E-state index is 14.3. The van der Waals surface area contributed by atoms with Crippen LogP contribution in [0.15, 0.2) is 53.9 Å². The largest absolute Gasteiger partial charge is 0.468 e. The molecule has 3 aliphatic rings. The molecule has 0 saturated heterocycles. The van der Waals surface area contributed by atoms with Gasteiger partial charge >= 0.3 is 5.97 Å². The van der Waals surface area contributed by atoms with Crippen LogP contribution < -0.4 is 24.8 Å². The number of rotatable bonds is 3. The molecule has 4 heterocycles. The zero-order chi connectivity index (χ0) is 24.3. The van der Waals surface area contributed by atoms with Gasteiger partial charge in [-0.05, 0) is 24.3 Å². The van der Waals surface area contributed by atoms with Gasteiger partial charge in [-0.3, -0.25) is 19.6 Å². The third-order valence-electron chi connectivity index (χ3n) is 6.39. The third-order valence-corrected chi connectivity index (χ3v) is 6.39. The highest BCUT2D eigenvalue weighted by Crippen LogP contribution is 2.57. The van der Waals surface area contributed by atoms with Crippen LogP contribution in [0.3, 0.4) is 0 Å². The van der Waals surface area contributed by atoms with Gasteiger partial charge in [0.25, 0.3) is 0 Å². The third kappa shape index (κ3) is 2.61. The number of hydrogen-bond donors (Lipinski definition) is 2. The first-order valence-corrected chi connectivity index (χ1v) is 10.6. The summed E-state index contributed by atoms with van der Waals surface area (Å²) >= 11 is 0. The molecule has 174 valence electrons. The van der Waals surface area contributed by atoms with Crippen molar-refractivity contribution in [3.63, 3.8) is 0 Å². The van der Waals surface area contributed by atoms with Crippen molar-refractivity contribution in [3.8, 4) is 34.7 Å². The Labute approximate surface area is 198 Å². The number of nitrogens with one attached hydrogen (secondary N) is 1. The van der Waals surface area contributed by atoms with E-state index in [-0.39, 0.29) is 30.7 Å². The van der Waals surface area contributed by atoms with E-state index in [1.54, 1.807) is 42.5 Å². The Bertz CT molecular complexity index is 1500. The summed E-state index contributed by atoms with van der Waals surface area (Å²) in [4.78, 5) is 27.8. The summed E-state index contributed by atoms with van der Waals surface area (Å²) in [6.45, 7) is -0.251. The predicted octanol–water partition coefficient (Wildman–Crippen LogP) is 1.70. The van der Waals surface area contributed by atoms with E-state index in [0.29, 0.717) is 39.6 Å². The molecular weight excluding hydrogens is 454 g/mol. The number of carbonyl (C=O) groups is 2. The highest BCUT2D eigenvalue weighted by atomic mass is 16.7. The van der Waals surface area contributed by atoms with Crippen LogP contribution in [-0.4, -0.2) is 42.5 Å². The second kappa shape index (κ2) is 7.26. The molecule has 1 aromatic heterocycles. The van der Waals surface area contributed by atoms with Crippen molar-refractivity contribution in [2.75, 3.05) is 25.3 Å². The minimum Gasteiger partial charge on any atom is -0.468 e. The van der Waals surface area contributed by atoms with Crippen molar-refractivity contribution < 1.29 is 28.5 Å². The average molecular weight is 471 g/mol. The number of nitriles is 1. The average Bonchev–Trinajstić information content (AvgIpc) is 3.57. The first-order chi connectivity index (χ1) is 17.0. The van der Waals surface area contributed by atoms with Crippen LogP contribution in [0.2, 0.25) is 0 Å². The normalized spacial score (nSPS) is 19.3. The molecular formula is C24H17N5O6. The Morgan fingerprint density at radius 1 is 1.29 bits per heavy atom. The van der Waals surface area contributed by atoms with E-state index in [1.165, 1.54) is 12.0 Å². The number of aromatic amines is 1. The second-order valence-electron chi connectivity index (χ2n) is 8.03.